The number of halogens is 2. The van der Waals surface area contributed by atoms with E-state index in [0.717, 1.165) is 5.56 Å². The van der Waals surface area contributed by atoms with Crippen LogP contribution in [-0.2, 0) is 16.1 Å². The van der Waals surface area contributed by atoms with Gasteiger partial charge in [0, 0.05) is 15.1 Å². The minimum Gasteiger partial charge on any atom is -0.493 e. The minimum absolute atomic E-state index is 0.166. The fraction of sp³-hybridized carbons (Fsp3) is 0.242. The molecule has 1 atom stereocenters. The molecule has 234 valence electrons. The Kier molecular flexibility index (Phi) is 10.0. The standard InChI is InChI=1S/C33H30BrClN2O7S/c1-6-43-32(39)29-18(2)36-33-37(30(29)21-15-26(41-4)27(42-5)16-22(21)34)31(38)28(45-33)14-19-11-12-24(25(13-19)40-3)44-17-20-9-7-8-10-23(20)35/h7-16,30H,6,17H2,1-5H3/b28-14-/t30-/m0/s1. The highest BCUT2D eigenvalue weighted by Gasteiger charge is 2.35. The number of ether oxygens (including phenoxy) is 5. The molecular weight excluding hydrogens is 684 g/mol. The van der Waals surface area contributed by atoms with E-state index in [2.05, 4.69) is 20.9 Å². The summed E-state index contributed by atoms with van der Waals surface area (Å²) >= 11 is 11.1. The summed E-state index contributed by atoms with van der Waals surface area (Å²) in [5.41, 5.74) is 2.56. The Balaban J connectivity index is 1.60. The summed E-state index contributed by atoms with van der Waals surface area (Å²) in [6.45, 7) is 3.89. The lowest BCUT2D eigenvalue weighted by atomic mass is 9.95. The summed E-state index contributed by atoms with van der Waals surface area (Å²) in [5, 5.41) is 0.614. The fourth-order valence-corrected chi connectivity index (χ4v) is 6.76. The molecule has 0 saturated heterocycles. The van der Waals surface area contributed by atoms with Crippen LogP contribution < -0.4 is 33.8 Å². The minimum atomic E-state index is -0.841. The van der Waals surface area contributed by atoms with Crippen LogP contribution in [0.15, 0.2) is 80.1 Å². The van der Waals surface area contributed by atoms with E-state index in [1.54, 1.807) is 51.3 Å². The van der Waals surface area contributed by atoms with Gasteiger partial charge in [0.1, 0.15) is 6.61 Å². The topological polar surface area (TPSA) is 97.6 Å². The van der Waals surface area contributed by atoms with Crippen molar-refractivity contribution in [2.75, 3.05) is 27.9 Å². The fourth-order valence-electron chi connectivity index (χ4n) is 4.98. The van der Waals surface area contributed by atoms with E-state index in [9.17, 15) is 9.59 Å². The first-order chi connectivity index (χ1) is 21.7. The monoisotopic (exact) mass is 712 g/mol. The molecule has 0 saturated carbocycles. The van der Waals surface area contributed by atoms with E-state index in [1.807, 2.05) is 30.3 Å². The summed E-state index contributed by atoms with van der Waals surface area (Å²) in [6.07, 6.45) is 1.76. The van der Waals surface area contributed by atoms with E-state index in [0.29, 0.717) is 58.7 Å². The van der Waals surface area contributed by atoms with Crippen LogP contribution >= 0.6 is 38.9 Å². The molecule has 3 aromatic carbocycles. The number of benzene rings is 3. The lowest BCUT2D eigenvalue weighted by Gasteiger charge is -2.26. The predicted molar refractivity (Wildman–Crippen MR) is 176 cm³/mol. The van der Waals surface area contributed by atoms with Crippen molar-refractivity contribution < 1.29 is 28.5 Å². The van der Waals surface area contributed by atoms with Gasteiger partial charge in [-0.15, -0.1) is 0 Å². The summed E-state index contributed by atoms with van der Waals surface area (Å²) in [7, 11) is 4.61. The largest absolute Gasteiger partial charge is 0.493 e. The summed E-state index contributed by atoms with van der Waals surface area (Å²) < 4.78 is 30.6. The van der Waals surface area contributed by atoms with Crippen LogP contribution in [0.2, 0.25) is 5.02 Å². The molecule has 0 unspecified atom stereocenters. The number of hydrogen-bond donors (Lipinski definition) is 0. The number of thiazole rings is 1. The molecule has 0 N–H and O–H groups in total. The molecule has 45 heavy (non-hydrogen) atoms. The lowest BCUT2D eigenvalue weighted by molar-refractivity contribution is -0.139. The van der Waals surface area contributed by atoms with Crippen molar-refractivity contribution in [3.05, 3.63) is 112 Å². The number of aromatic nitrogens is 1. The molecule has 1 aliphatic rings. The number of rotatable bonds is 10. The van der Waals surface area contributed by atoms with Gasteiger partial charge in [-0.05, 0) is 61.4 Å². The van der Waals surface area contributed by atoms with E-state index in [-0.39, 0.29) is 24.3 Å². The Morgan fingerprint density at radius 1 is 1.02 bits per heavy atom. The van der Waals surface area contributed by atoms with Crippen molar-refractivity contribution in [1.29, 1.82) is 0 Å². The second-order valence-electron chi connectivity index (χ2n) is 9.82. The third kappa shape index (κ3) is 6.51. The van der Waals surface area contributed by atoms with Crippen LogP contribution in [0.25, 0.3) is 6.08 Å². The van der Waals surface area contributed by atoms with Gasteiger partial charge < -0.3 is 23.7 Å². The van der Waals surface area contributed by atoms with Gasteiger partial charge in [0.2, 0.25) is 0 Å². The van der Waals surface area contributed by atoms with Crippen LogP contribution in [0, 0.1) is 0 Å². The molecule has 12 heteroatoms. The van der Waals surface area contributed by atoms with Gasteiger partial charge in [-0.3, -0.25) is 9.36 Å². The van der Waals surface area contributed by atoms with Gasteiger partial charge in [0.25, 0.3) is 5.56 Å². The second kappa shape index (κ2) is 13.9. The predicted octanol–water partition coefficient (Wildman–Crippen LogP) is 5.82. The summed E-state index contributed by atoms with van der Waals surface area (Å²) in [5.74, 6) is 1.41. The maximum absolute atomic E-state index is 14.1. The molecule has 2 heterocycles. The quantitative estimate of drug-likeness (QED) is 0.191. The molecule has 9 nitrogen and oxygen atoms in total. The second-order valence-corrected chi connectivity index (χ2v) is 12.1. The first-order valence-electron chi connectivity index (χ1n) is 13.9. The number of methoxy groups -OCH3 is 3. The van der Waals surface area contributed by atoms with Crippen molar-refractivity contribution in [2.24, 2.45) is 4.99 Å². The molecule has 0 radical (unpaired) electrons. The van der Waals surface area contributed by atoms with Gasteiger partial charge in [0.15, 0.2) is 27.8 Å². The summed E-state index contributed by atoms with van der Waals surface area (Å²) in [4.78, 5) is 32.5. The molecule has 0 amide bonds. The van der Waals surface area contributed by atoms with Crippen LogP contribution in [0.4, 0.5) is 0 Å². The number of hydrogen-bond acceptors (Lipinski definition) is 9. The first-order valence-corrected chi connectivity index (χ1v) is 15.8. The molecular formula is C33H30BrClN2O7S. The molecule has 5 rings (SSSR count). The Morgan fingerprint density at radius 3 is 2.40 bits per heavy atom. The van der Waals surface area contributed by atoms with Crippen LogP contribution in [-0.4, -0.2) is 38.5 Å². The van der Waals surface area contributed by atoms with Gasteiger partial charge in [-0.1, -0.05) is 63.1 Å². The molecule has 4 aromatic rings. The Labute approximate surface area is 277 Å². The molecule has 1 aliphatic heterocycles. The first kappa shape index (κ1) is 32.3. The number of carbonyl (C=O) groups excluding carboxylic acids is 1. The van der Waals surface area contributed by atoms with E-state index in [1.165, 1.54) is 30.1 Å². The zero-order valence-electron chi connectivity index (χ0n) is 25.2. The number of allylic oxidation sites excluding steroid dienone is 1. The third-order valence-electron chi connectivity index (χ3n) is 7.14. The number of esters is 1. The van der Waals surface area contributed by atoms with E-state index >= 15 is 0 Å². The van der Waals surface area contributed by atoms with Crippen molar-refractivity contribution in [3.8, 4) is 23.0 Å². The van der Waals surface area contributed by atoms with Crippen LogP contribution in [0.3, 0.4) is 0 Å². The Morgan fingerprint density at radius 2 is 1.71 bits per heavy atom. The number of nitrogens with zero attached hydrogens (tertiary/aromatic N) is 2. The van der Waals surface area contributed by atoms with Crippen molar-refractivity contribution in [2.45, 2.75) is 26.5 Å². The third-order valence-corrected chi connectivity index (χ3v) is 9.18. The zero-order chi connectivity index (χ0) is 32.2. The SMILES string of the molecule is CCOC(=O)C1=C(C)N=c2s/c(=C\c3ccc(OCc4ccccc4Cl)c(OC)c3)c(=O)n2[C@H]1c1cc(OC)c(OC)cc1Br. The normalized spacial score (nSPS) is 14.5. The molecule has 1 aromatic heterocycles. The Bertz CT molecular complexity index is 1990. The molecule has 0 aliphatic carbocycles. The number of carbonyl (C=O) groups is 1. The van der Waals surface area contributed by atoms with Crippen molar-refractivity contribution >= 4 is 50.9 Å². The highest BCUT2D eigenvalue weighted by Crippen LogP contribution is 2.41. The van der Waals surface area contributed by atoms with E-state index < -0.39 is 12.0 Å². The van der Waals surface area contributed by atoms with Gasteiger partial charge in [0.05, 0.1) is 49.8 Å². The maximum Gasteiger partial charge on any atom is 0.338 e. The van der Waals surface area contributed by atoms with Crippen molar-refractivity contribution in [3.63, 3.8) is 0 Å². The number of fused-ring (bicyclic) bond motifs is 1. The molecule has 0 bridgehead atoms. The van der Waals surface area contributed by atoms with E-state index in [4.69, 9.17) is 35.3 Å². The average molecular weight is 714 g/mol. The highest BCUT2D eigenvalue weighted by atomic mass is 79.9. The van der Waals surface area contributed by atoms with Crippen LogP contribution in [0.1, 0.15) is 36.6 Å². The van der Waals surface area contributed by atoms with Gasteiger partial charge >= 0.3 is 5.97 Å². The lowest BCUT2D eigenvalue weighted by Crippen LogP contribution is -2.40. The zero-order valence-corrected chi connectivity index (χ0v) is 28.3. The summed E-state index contributed by atoms with van der Waals surface area (Å²) in [6, 6.07) is 15.5. The van der Waals surface area contributed by atoms with Crippen molar-refractivity contribution in [1.82, 2.24) is 4.57 Å². The molecule has 0 spiro atoms. The maximum atomic E-state index is 14.1. The smallest absolute Gasteiger partial charge is 0.338 e. The average Bonchev–Trinajstić information content (AvgIpc) is 3.33. The van der Waals surface area contributed by atoms with Crippen LogP contribution in [0.5, 0.6) is 23.0 Å². The van der Waals surface area contributed by atoms with Gasteiger partial charge in [-0.2, -0.15) is 0 Å². The molecule has 0 fully saturated rings. The highest BCUT2D eigenvalue weighted by molar-refractivity contribution is 9.10. The van der Waals surface area contributed by atoms with Gasteiger partial charge in [-0.25, -0.2) is 9.79 Å². The Hall–Kier alpha value is -4.06.